The van der Waals surface area contributed by atoms with E-state index >= 15 is 0 Å². The molecule has 0 aromatic heterocycles. The lowest BCUT2D eigenvalue weighted by molar-refractivity contribution is -0.120. The SMILES string of the molecule is CSCC(C)N(C)Cc1ccc(CC(=O)NN)cc1. The number of hydrogen-bond acceptors (Lipinski definition) is 4. The summed E-state index contributed by atoms with van der Waals surface area (Å²) in [7, 11) is 2.14. The molecule has 106 valence electrons. The number of benzene rings is 1. The normalized spacial score (nSPS) is 12.5. The molecule has 0 saturated carbocycles. The molecule has 0 heterocycles. The third-order valence-electron chi connectivity index (χ3n) is 3.14. The molecule has 1 atom stereocenters. The van der Waals surface area contributed by atoms with Crippen molar-refractivity contribution in [1.82, 2.24) is 10.3 Å². The second-order valence-electron chi connectivity index (χ2n) is 4.78. The number of nitrogens with two attached hydrogens (primary N) is 1. The lowest BCUT2D eigenvalue weighted by Crippen LogP contribution is -2.31. The highest BCUT2D eigenvalue weighted by Crippen LogP contribution is 2.11. The van der Waals surface area contributed by atoms with Crippen LogP contribution in [0.15, 0.2) is 24.3 Å². The van der Waals surface area contributed by atoms with Gasteiger partial charge in [-0.15, -0.1) is 0 Å². The molecule has 0 aliphatic rings. The molecule has 0 fully saturated rings. The summed E-state index contributed by atoms with van der Waals surface area (Å²) < 4.78 is 0. The van der Waals surface area contributed by atoms with Crippen molar-refractivity contribution in [3.63, 3.8) is 0 Å². The minimum absolute atomic E-state index is 0.168. The van der Waals surface area contributed by atoms with Crippen LogP contribution in [-0.2, 0) is 17.8 Å². The summed E-state index contributed by atoms with van der Waals surface area (Å²) in [4.78, 5) is 13.5. The van der Waals surface area contributed by atoms with E-state index in [9.17, 15) is 4.79 Å². The van der Waals surface area contributed by atoms with Crippen molar-refractivity contribution in [2.24, 2.45) is 5.84 Å². The van der Waals surface area contributed by atoms with E-state index in [4.69, 9.17) is 5.84 Å². The maximum atomic E-state index is 11.2. The Labute approximate surface area is 119 Å². The smallest absolute Gasteiger partial charge is 0.238 e. The van der Waals surface area contributed by atoms with Crippen LogP contribution in [0.4, 0.5) is 0 Å². The van der Waals surface area contributed by atoms with E-state index in [1.54, 1.807) is 0 Å². The first-order valence-electron chi connectivity index (χ1n) is 6.33. The summed E-state index contributed by atoms with van der Waals surface area (Å²) in [5.41, 5.74) is 4.37. The Morgan fingerprint density at radius 2 is 1.95 bits per heavy atom. The topological polar surface area (TPSA) is 58.4 Å². The molecule has 3 N–H and O–H groups in total. The van der Waals surface area contributed by atoms with Crippen molar-refractivity contribution in [2.75, 3.05) is 19.1 Å². The van der Waals surface area contributed by atoms with E-state index in [2.05, 4.69) is 42.7 Å². The largest absolute Gasteiger partial charge is 0.299 e. The molecule has 5 heteroatoms. The third kappa shape index (κ3) is 5.63. The molecular weight excluding hydrogens is 258 g/mol. The van der Waals surface area contributed by atoms with E-state index in [1.165, 1.54) is 5.56 Å². The maximum absolute atomic E-state index is 11.2. The summed E-state index contributed by atoms with van der Waals surface area (Å²) in [6.45, 7) is 3.15. The fourth-order valence-corrected chi connectivity index (χ4v) is 2.55. The van der Waals surface area contributed by atoms with Crippen LogP contribution in [-0.4, -0.2) is 35.9 Å². The first kappa shape index (κ1) is 16.0. The number of nitrogens with one attached hydrogen (secondary N) is 1. The summed E-state index contributed by atoms with van der Waals surface area (Å²) in [5, 5.41) is 0. The van der Waals surface area contributed by atoms with E-state index in [-0.39, 0.29) is 5.91 Å². The van der Waals surface area contributed by atoms with Crippen molar-refractivity contribution >= 4 is 17.7 Å². The Morgan fingerprint density at radius 3 is 2.47 bits per heavy atom. The van der Waals surface area contributed by atoms with E-state index in [0.29, 0.717) is 12.5 Å². The van der Waals surface area contributed by atoms with Gasteiger partial charge in [-0.1, -0.05) is 24.3 Å². The zero-order chi connectivity index (χ0) is 14.3. The second-order valence-corrected chi connectivity index (χ2v) is 5.69. The minimum Gasteiger partial charge on any atom is -0.299 e. The van der Waals surface area contributed by atoms with Crippen LogP contribution in [0.5, 0.6) is 0 Å². The van der Waals surface area contributed by atoms with Gasteiger partial charge in [0, 0.05) is 18.3 Å². The van der Waals surface area contributed by atoms with E-state index in [1.807, 2.05) is 23.9 Å². The highest BCUT2D eigenvalue weighted by atomic mass is 32.2. The van der Waals surface area contributed by atoms with Crippen LogP contribution >= 0.6 is 11.8 Å². The van der Waals surface area contributed by atoms with Gasteiger partial charge in [-0.05, 0) is 31.4 Å². The lowest BCUT2D eigenvalue weighted by Gasteiger charge is -2.24. The van der Waals surface area contributed by atoms with Gasteiger partial charge < -0.3 is 0 Å². The molecule has 1 aromatic rings. The van der Waals surface area contributed by atoms with Crippen molar-refractivity contribution in [1.29, 1.82) is 0 Å². The van der Waals surface area contributed by atoms with Crippen LogP contribution < -0.4 is 11.3 Å². The van der Waals surface area contributed by atoms with Gasteiger partial charge in [0.25, 0.3) is 0 Å². The highest BCUT2D eigenvalue weighted by Gasteiger charge is 2.09. The maximum Gasteiger partial charge on any atom is 0.238 e. The predicted molar refractivity (Wildman–Crippen MR) is 81.8 cm³/mol. The number of hydrogen-bond donors (Lipinski definition) is 2. The molecule has 1 aromatic carbocycles. The summed E-state index contributed by atoms with van der Waals surface area (Å²) in [6, 6.07) is 8.66. The van der Waals surface area contributed by atoms with Crippen molar-refractivity contribution in [3.8, 4) is 0 Å². The average Bonchev–Trinajstić information content (AvgIpc) is 2.41. The van der Waals surface area contributed by atoms with Gasteiger partial charge in [-0.25, -0.2) is 5.84 Å². The molecule has 1 amide bonds. The third-order valence-corrected chi connectivity index (χ3v) is 3.96. The van der Waals surface area contributed by atoms with Crippen LogP contribution in [0.25, 0.3) is 0 Å². The monoisotopic (exact) mass is 281 g/mol. The average molecular weight is 281 g/mol. The molecule has 1 rings (SSSR count). The van der Waals surface area contributed by atoms with E-state index in [0.717, 1.165) is 17.9 Å². The molecule has 0 saturated heterocycles. The van der Waals surface area contributed by atoms with Gasteiger partial charge in [0.1, 0.15) is 0 Å². The summed E-state index contributed by atoms with van der Waals surface area (Å²) in [6.07, 6.45) is 2.46. The van der Waals surface area contributed by atoms with Crippen LogP contribution in [0, 0.1) is 0 Å². The quantitative estimate of drug-likeness (QED) is 0.451. The Hall–Kier alpha value is -1.04. The molecule has 0 bridgehead atoms. The first-order chi connectivity index (χ1) is 9.06. The Balaban J connectivity index is 2.54. The van der Waals surface area contributed by atoms with Crippen molar-refractivity contribution in [3.05, 3.63) is 35.4 Å². The van der Waals surface area contributed by atoms with Crippen LogP contribution in [0.2, 0.25) is 0 Å². The molecule has 0 spiro atoms. The Kier molecular flexibility index (Phi) is 6.91. The number of thioether (sulfide) groups is 1. The highest BCUT2D eigenvalue weighted by molar-refractivity contribution is 7.98. The number of hydrazine groups is 1. The van der Waals surface area contributed by atoms with Crippen LogP contribution in [0.1, 0.15) is 18.1 Å². The number of carbonyl (C=O) groups excluding carboxylic acids is 1. The Bertz CT molecular complexity index is 394. The number of amides is 1. The van der Waals surface area contributed by atoms with Gasteiger partial charge in [-0.3, -0.25) is 15.1 Å². The first-order valence-corrected chi connectivity index (χ1v) is 7.72. The van der Waals surface area contributed by atoms with E-state index < -0.39 is 0 Å². The zero-order valence-electron chi connectivity index (χ0n) is 11.8. The molecule has 1 unspecified atom stereocenters. The molecular formula is C14H23N3OS. The minimum atomic E-state index is -0.168. The molecule has 0 radical (unpaired) electrons. The summed E-state index contributed by atoms with van der Waals surface area (Å²) >= 11 is 1.86. The predicted octanol–water partition coefficient (Wildman–Crippen LogP) is 1.40. The number of carbonyl (C=O) groups is 1. The molecule has 19 heavy (non-hydrogen) atoms. The fourth-order valence-electron chi connectivity index (χ4n) is 1.81. The van der Waals surface area contributed by atoms with Crippen LogP contribution in [0.3, 0.4) is 0 Å². The zero-order valence-corrected chi connectivity index (χ0v) is 12.7. The standard InChI is InChI=1S/C14H23N3OS/c1-11(10-19-3)17(2)9-13-6-4-12(5-7-13)8-14(18)16-15/h4-7,11H,8-10,15H2,1-3H3,(H,16,18). The number of rotatable bonds is 7. The van der Waals surface area contributed by atoms with Gasteiger partial charge in [0.2, 0.25) is 5.91 Å². The summed E-state index contributed by atoms with van der Waals surface area (Å²) in [5.74, 6) is 6.03. The van der Waals surface area contributed by atoms with Crippen molar-refractivity contribution < 1.29 is 4.79 Å². The second kappa shape index (κ2) is 8.19. The van der Waals surface area contributed by atoms with Gasteiger partial charge in [-0.2, -0.15) is 11.8 Å². The molecule has 0 aliphatic heterocycles. The Morgan fingerprint density at radius 1 is 1.37 bits per heavy atom. The van der Waals surface area contributed by atoms with Crippen molar-refractivity contribution in [2.45, 2.75) is 25.9 Å². The molecule has 4 nitrogen and oxygen atoms in total. The molecule has 0 aliphatic carbocycles. The van der Waals surface area contributed by atoms with Gasteiger partial charge in [0.15, 0.2) is 0 Å². The van der Waals surface area contributed by atoms with Gasteiger partial charge in [0.05, 0.1) is 6.42 Å². The lowest BCUT2D eigenvalue weighted by atomic mass is 10.1. The fraction of sp³-hybridized carbons (Fsp3) is 0.500. The van der Waals surface area contributed by atoms with Gasteiger partial charge >= 0.3 is 0 Å². The number of nitrogens with zero attached hydrogens (tertiary/aromatic N) is 1.